The van der Waals surface area contributed by atoms with E-state index in [0.29, 0.717) is 12.0 Å². The van der Waals surface area contributed by atoms with Gasteiger partial charge in [0.2, 0.25) is 0 Å². The van der Waals surface area contributed by atoms with E-state index in [1.807, 2.05) is 6.92 Å². The van der Waals surface area contributed by atoms with E-state index < -0.39 is 94.9 Å². The van der Waals surface area contributed by atoms with Gasteiger partial charge in [-0.15, -0.1) is 0 Å². The molecule has 2 aliphatic heterocycles. The highest BCUT2D eigenvalue weighted by molar-refractivity contribution is 5.89. The number of epoxide rings is 1. The molecule has 4 rings (SSSR count). The number of rotatable bonds is 6. The third-order valence-corrected chi connectivity index (χ3v) is 9.45. The Kier molecular flexibility index (Phi) is 8.56. The van der Waals surface area contributed by atoms with E-state index >= 15 is 0 Å². The Balaban J connectivity index is 2.04. The van der Waals surface area contributed by atoms with Crippen LogP contribution in [0.2, 0.25) is 0 Å². The molecule has 234 valence electrons. The van der Waals surface area contributed by atoms with Crippen LogP contribution in [0.1, 0.15) is 81.1 Å². The number of hydrogen-bond donors (Lipinski definition) is 1. The zero-order valence-corrected chi connectivity index (χ0v) is 25.5. The smallest absolute Gasteiger partial charge is 0.342 e. The topological polar surface area (TPSA) is 164 Å². The molecule has 3 fully saturated rings. The highest BCUT2D eigenvalue weighted by atomic mass is 16.7. The second-order valence-electron chi connectivity index (χ2n) is 12.5. The van der Waals surface area contributed by atoms with Gasteiger partial charge in [-0.05, 0) is 32.3 Å². The summed E-state index contributed by atoms with van der Waals surface area (Å²) in [6.45, 7) is 12.2. The van der Waals surface area contributed by atoms with Crippen molar-refractivity contribution in [1.29, 1.82) is 0 Å². The van der Waals surface area contributed by atoms with Crippen LogP contribution in [0.15, 0.2) is 11.6 Å². The molecule has 2 heterocycles. The first kappa shape index (κ1) is 31.9. The van der Waals surface area contributed by atoms with Gasteiger partial charge >= 0.3 is 29.8 Å². The lowest BCUT2D eigenvalue weighted by Gasteiger charge is -2.57. The average Bonchev–Trinajstić information content (AvgIpc) is 3.45. The Morgan fingerprint density at radius 2 is 1.60 bits per heavy atom. The third-order valence-electron chi connectivity index (χ3n) is 9.45. The molecule has 0 bridgehead atoms. The SMILES string of the molecule is CCCC(=O)O[C@H]1C/C(C)=C/[C@@H]2OC(=O)[C@]3(C)O[C@]23[C@H](OC(C)=O)[C@@H]2[C@@H](C)[C@@H](O)C[C@H](OC(C)=O)[C@]2(C)[C@@H]1OC(C)=O. The highest BCUT2D eigenvalue weighted by Gasteiger charge is 2.87. The first-order chi connectivity index (χ1) is 19.5. The van der Waals surface area contributed by atoms with E-state index in [9.17, 15) is 29.1 Å². The summed E-state index contributed by atoms with van der Waals surface area (Å²) in [6, 6.07) is 0. The van der Waals surface area contributed by atoms with E-state index in [4.69, 9.17) is 28.4 Å². The number of aliphatic hydroxyl groups excluding tert-OH is 1. The predicted molar refractivity (Wildman–Crippen MR) is 143 cm³/mol. The van der Waals surface area contributed by atoms with Crippen LogP contribution in [0, 0.1) is 17.3 Å². The van der Waals surface area contributed by atoms with Gasteiger partial charge in [-0.3, -0.25) is 19.2 Å². The molecule has 2 saturated heterocycles. The van der Waals surface area contributed by atoms with Gasteiger partial charge < -0.3 is 33.5 Å². The molecular formula is C30H42O12. The molecule has 1 saturated carbocycles. The summed E-state index contributed by atoms with van der Waals surface area (Å²) < 4.78 is 35.8. The third kappa shape index (κ3) is 5.10. The van der Waals surface area contributed by atoms with Crippen molar-refractivity contribution in [2.24, 2.45) is 17.3 Å². The van der Waals surface area contributed by atoms with Crippen molar-refractivity contribution in [3.63, 3.8) is 0 Å². The molecule has 0 aromatic heterocycles. The summed E-state index contributed by atoms with van der Waals surface area (Å²) in [7, 11) is 0. The standard InChI is InChI=1S/C30H42O12/c1-9-10-23(35)40-20-11-14(2)12-22-30(29(8,42-30)27(36)41-22)26(39-18(6)33)24-15(3)19(34)13-21(37-16(4)31)28(24,7)25(20)38-17(5)32/h12,15,19-22,24-26,34H,9-11,13H2,1-8H3/b14-12+/t15-,19-,20-,21-,22-,24-,25+,26+,28-,29-,30-/m0/s1. The summed E-state index contributed by atoms with van der Waals surface area (Å²) in [6.07, 6.45) is -4.30. The van der Waals surface area contributed by atoms with Crippen LogP contribution in [0.25, 0.3) is 0 Å². The molecule has 0 radical (unpaired) electrons. The molecule has 12 heteroatoms. The monoisotopic (exact) mass is 594 g/mol. The van der Waals surface area contributed by atoms with Crippen LogP contribution in [-0.2, 0) is 52.4 Å². The van der Waals surface area contributed by atoms with E-state index in [0.717, 1.165) is 0 Å². The lowest BCUT2D eigenvalue weighted by Crippen LogP contribution is -2.68. The van der Waals surface area contributed by atoms with Crippen LogP contribution >= 0.6 is 0 Å². The molecule has 0 aromatic carbocycles. The van der Waals surface area contributed by atoms with Gasteiger partial charge in [0.1, 0.15) is 24.4 Å². The van der Waals surface area contributed by atoms with Crippen LogP contribution in [0.5, 0.6) is 0 Å². The van der Waals surface area contributed by atoms with Gasteiger partial charge in [-0.25, -0.2) is 4.79 Å². The molecular weight excluding hydrogens is 552 g/mol. The van der Waals surface area contributed by atoms with Crippen molar-refractivity contribution < 1.29 is 57.5 Å². The molecule has 4 aliphatic rings. The number of carbonyl (C=O) groups is 5. The molecule has 0 amide bonds. The number of aliphatic hydroxyl groups is 1. The molecule has 11 atom stereocenters. The Bertz CT molecular complexity index is 1180. The van der Waals surface area contributed by atoms with Crippen molar-refractivity contribution in [3.8, 4) is 0 Å². The number of ether oxygens (including phenoxy) is 6. The van der Waals surface area contributed by atoms with E-state index in [2.05, 4.69) is 0 Å². The maximum Gasteiger partial charge on any atom is 0.342 e. The first-order valence-electron chi connectivity index (χ1n) is 14.5. The minimum absolute atomic E-state index is 0.0350. The normalized spacial score (nSPS) is 43.6. The van der Waals surface area contributed by atoms with Crippen LogP contribution in [0.3, 0.4) is 0 Å². The Morgan fingerprint density at radius 1 is 1.00 bits per heavy atom. The van der Waals surface area contributed by atoms with Gasteiger partial charge in [0.05, 0.1) is 11.5 Å². The zero-order valence-electron chi connectivity index (χ0n) is 25.5. The minimum Gasteiger partial charge on any atom is -0.462 e. The van der Waals surface area contributed by atoms with Crippen molar-refractivity contribution >= 4 is 29.8 Å². The van der Waals surface area contributed by atoms with Crippen molar-refractivity contribution in [3.05, 3.63) is 11.6 Å². The fraction of sp³-hybridized carbons (Fsp3) is 0.767. The molecule has 1 spiro atoms. The van der Waals surface area contributed by atoms with Gasteiger partial charge in [0.25, 0.3) is 0 Å². The molecule has 2 aliphatic carbocycles. The second-order valence-corrected chi connectivity index (χ2v) is 12.5. The van der Waals surface area contributed by atoms with Gasteiger partial charge in [0.15, 0.2) is 17.3 Å². The van der Waals surface area contributed by atoms with Crippen LogP contribution in [0.4, 0.5) is 0 Å². The Labute approximate surface area is 245 Å². The molecule has 0 aromatic rings. The summed E-state index contributed by atoms with van der Waals surface area (Å²) >= 11 is 0. The average molecular weight is 595 g/mol. The lowest BCUT2D eigenvalue weighted by molar-refractivity contribution is -0.245. The highest BCUT2D eigenvalue weighted by Crippen LogP contribution is 2.65. The number of hydrogen-bond acceptors (Lipinski definition) is 12. The molecule has 12 nitrogen and oxygen atoms in total. The summed E-state index contributed by atoms with van der Waals surface area (Å²) in [5, 5.41) is 11.3. The summed E-state index contributed by atoms with van der Waals surface area (Å²) in [4.78, 5) is 63.9. The van der Waals surface area contributed by atoms with Crippen molar-refractivity contribution in [2.45, 2.75) is 129 Å². The quantitative estimate of drug-likeness (QED) is 0.207. The first-order valence-corrected chi connectivity index (χ1v) is 14.5. The number of carbonyl (C=O) groups excluding carboxylic acids is 5. The van der Waals surface area contributed by atoms with Gasteiger partial charge in [-0.2, -0.15) is 0 Å². The van der Waals surface area contributed by atoms with Gasteiger partial charge in [0, 0.05) is 46.0 Å². The number of esters is 5. The Hall–Kier alpha value is -2.99. The Morgan fingerprint density at radius 3 is 2.14 bits per heavy atom. The zero-order chi connectivity index (χ0) is 31.4. The van der Waals surface area contributed by atoms with Crippen LogP contribution in [-0.4, -0.2) is 82.8 Å². The maximum atomic E-state index is 13.1. The van der Waals surface area contributed by atoms with E-state index in [-0.39, 0.29) is 19.3 Å². The summed E-state index contributed by atoms with van der Waals surface area (Å²) in [5.41, 5.74) is -3.75. The molecule has 1 N–H and O–H groups in total. The van der Waals surface area contributed by atoms with E-state index in [1.165, 1.54) is 20.8 Å². The fourth-order valence-corrected chi connectivity index (χ4v) is 7.54. The van der Waals surface area contributed by atoms with Crippen LogP contribution < -0.4 is 0 Å². The minimum atomic E-state index is -1.48. The molecule has 42 heavy (non-hydrogen) atoms. The van der Waals surface area contributed by atoms with Gasteiger partial charge in [-0.1, -0.05) is 26.3 Å². The fourth-order valence-electron chi connectivity index (χ4n) is 7.54. The molecule has 0 unspecified atom stereocenters. The summed E-state index contributed by atoms with van der Waals surface area (Å²) in [5.74, 6) is -4.78. The lowest BCUT2D eigenvalue weighted by atomic mass is 9.53. The van der Waals surface area contributed by atoms with E-state index in [1.54, 1.807) is 33.8 Å². The second kappa shape index (κ2) is 11.3. The van der Waals surface area contributed by atoms with Crippen molar-refractivity contribution in [2.75, 3.05) is 0 Å². The predicted octanol–water partition coefficient (Wildman–Crippen LogP) is 2.32. The maximum absolute atomic E-state index is 13.1. The number of fused-ring (bicyclic) bond motifs is 1. The largest absolute Gasteiger partial charge is 0.462 e. The van der Waals surface area contributed by atoms with Crippen molar-refractivity contribution in [1.82, 2.24) is 0 Å².